The van der Waals surface area contributed by atoms with Crippen molar-refractivity contribution < 1.29 is 41.5 Å². The first-order valence-corrected chi connectivity index (χ1v) is 16.9. The van der Waals surface area contributed by atoms with Crippen LogP contribution in [-0.4, -0.2) is 77.5 Å². The van der Waals surface area contributed by atoms with Gasteiger partial charge in [-0.15, -0.1) is 4.63 Å². The SMILES string of the molecule is NC1CCOC1.O=c1onc(-c2nonc2CC2CCOC2)n1-c1ccc(F)c(Br)c1.O=c1onc(-c2nonc2[N+](=O)[O-])n1-c1ccc(F)c(Br)c1. The summed E-state index contributed by atoms with van der Waals surface area (Å²) in [5, 5.41) is 32.3. The number of hydrogen-bond acceptors (Lipinski definition) is 17. The standard InChI is InChI=1S/C15H12BrFN4O4.C10H3BrFN5O5.C4H9NO/c16-10-6-9(1-2-11(10)17)21-14(20-24-15(21)22)13-12(18-25-19-13)5-8-3-4-23-7-8;11-5-3-4(1-2-6(5)12)16-8(14-21-10(16)18)7-9(17(19)20)15-22-13-7;5-4-1-2-6-3-4/h1-2,6,8H,3-5,7H2;1-3H;4H,1-3,5H2. The van der Waals surface area contributed by atoms with E-state index in [1.165, 1.54) is 34.9 Å². The third kappa shape index (κ3) is 8.51. The normalized spacial score (nSPS) is 16.5. The van der Waals surface area contributed by atoms with Crippen molar-refractivity contribution >= 4 is 37.7 Å². The van der Waals surface area contributed by atoms with Crippen molar-refractivity contribution in [3.63, 3.8) is 0 Å². The van der Waals surface area contributed by atoms with Crippen LogP contribution in [0, 0.1) is 27.7 Å². The van der Waals surface area contributed by atoms with Crippen LogP contribution in [0.4, 0.5) is 14.6 Å². The molecule has 2 unspecified atom stereocenters. The van der Waals surface area contributed by atoms with E-state index in [-0.39, 0.29) is 26.3 Å². The molecule has 2 atom stereocenters. The van der Waals surface area contributed by atoms with Crippen LogP contribution in [0.25, 0.3) is 34.4 Å². The second kappa shape index (κ2) is 16.6. The molecule has 6 aromatic rings. The molecule has 4 aromatic heterocycles. The average Bonchev–Trinajstić information content (AvgIpc) is 3.98. The first-order chi connectivity index (χ1) is 25.5. The Labute approximate surface area is 310 Å². The molecule has 6 heterocycles. The Bertz CT molecular complexity index is 2330. The van der Waals surface area contributed by atoms with E-state index < -0.39 is 39.6 Å². The lowest BCUT2D eigenvalue weighted by Gasteiger charge is -2.06. The average molecular weight is 870 g/mol. The zero-order chi connectivity index (χ0) is 37.6. The van der Waals surface area contributed by atoms with Gasteiger partial charge >= 0.3 is 17.3 Å². The molecule has 2 aliphatic heterocycles. The molecule has 0 amide bonds. The molecule has 53 heavy (non-hydrogen) atoms. The predicted octanol–water partition coefficient (Wildman–Crippen LogP) is 3.78. The van der Waals surface area contributed by atoms with Gasteiger partial charge in [-0.2, -0.15) is 0 Å². The van der Waals surface area contributed by atoms with E-state index in [1.807, 2.05) is 0 Å². The Morgan fingerprint density at radius 1 is 0.792 bits per heavy atom. The molecule has 8 rings (SSSR count). The molecule has 0 spiro atoms. The molecule has 0 radical (unpaired) electrons. The van der Waals surface area contributed by atoms with E-state index >= 15 is 0 Å². The van der Waals surface area contributed by atoms with Gasteiger partial charge in [-0.25, -0.2) is 32.1 Å². The molecule has 20 nitrogen and oxygen atoms in total. The lowest BCUT2D eigenvalue weighted by Crippen LogP contribution is -2.18. The van der Waals surface area contributed by atoms with Crippen molar-refractivity contribution in [1.29, 1.82) is 0 Å². The molecule has 0 saturated carbocycles. The number of aromatic nitrogens is 8. The topological polar surface area (TPSA) is 262 Å². The van der Waals surface area contributed by atoms with Crippen LogP contribution < -0.4 is 17.2 Å². The maximum atomic E-state index is 13.5. The summed E-state index contributed by atoms with van der Waals surface area (Å²) in [5.41, 5.74) is 6.44. The Morgan fingerprint density at radius 2 is 1.34 bits per heavy atom. The number of hydrogen-bond donors (Lipinski definition) is 1. The summed E-state index contributed by atoms with van der Waals surface area (Å²) >= 11 is 6.07. The largest absolute Gasteiger partial charge is 0.446 e. The first-order valence-electron chi connectivity index (χ1n) is 15.3. The van der Waals surface area contributed by atoms with Gasteiger partial charge in [0.15, 0.2) is 10.9 Å². The number of nitro groups is 1. The fourth-order valence-electron chi connectivity index (χ4n) is 5.03. The highest BCUT2D eigenvalue weighted by Crippen LogP contribution is 2.28. The molecule has 2 saturated heterocycles. The predicted molar refractivity (Wildman–Crippen MR) is 179 cm³/mol. The van der Waals surface area contributed by atoms with Crippen LogP contribution in [0.15, 0.2) is 73.2 Å². The fraction of sp³-hybridized carbons (Fsp3) is 0.310. The maximum absolute atomic E-state index is 13.5. The highest BCUT2D eigenvalue weighted by Gasteiger charge is 2.31. The molecule has 278 valence electrons. The number of nitrogens with two attached hydrogens (primary N) is 1. The van der Waals surface area contributed by atoms with Gasteiger partial charge in [0.1, 0.15) is 17.3 Å². The second-order valence-electron chi connectivity index (χ2n) is 11.2. The quantitative estimate of drug-likeness (QED) is 0.177. The first kappa shape index (κ1) is 37.5. The van der Waals surface area contributed by atoms with Crippen molar-refractivity contribution in [2.24, 2.45) is 11.7 Å². The number of halogens is 4. The smallest absolute Gasteiger partial charge is 0.381 e. The third-order valence-corrected chi connectivity index (χ3v) is 8.84. The van der Waals surface area contributed by atoms with Crippen LogP contribution >= 0.6 is 31.9 Å². The van der Waals surface area contributed by atoms with E-state index in [4.69, 9.17) is 24.4 Å². The van der Waals surface area contributed by atoms with Gasteiger partial charge in [-0.1, -0.05) is 15.5 Å². The van der Waals surface area contributed by atoms with Gasteiger partial charge in [0.2, 0.25) is 11.6 Å². The molecule has 0 aliphatic carbocycles. The van der Waals surface area contributed by atoms with Crippen LogP contribution in [0.3, 0.4) is 0 Å². The third-order valence-electron chi connectivity index (χ3n) is 7.63. The summed E-state index contributed by atoms with van der Waals surface area (Å²) in [6.07, 6.45) is 2.55. The van der Waals surface area contributed by atoms with E-state index in [0.29, 0.717) is 48.7 Å². The zero-order valence-electron chi connectivity index (χ0n) is 26.8. The van der Waals surface area contributed by atoms with Gasteiger partial charge in [0.25, 0.3) is 5.69 Å². The Morgan fingerprint density at radius 3 is 1.83 bits per heavy atom. The highest BCUT2D eigenvalue weighted by atomic mass is 79.9. The molecule has 2 aliphatic rings. The van der Waals surface area contributed by atoms with Crippen LogP contribution in [0.1, 0.15) is 18.5 Å². The Balaban J connectivity index is 0.000000158. The lowest BCUT2D eigenvalue weighted by atomic mass is 10.0. The summed E-state index contributed by atoms with van der Waals surface area (Å²) in [7, 11) is 0. The van der Waals surface area contributed by atoms with Gasteiger partial charge in [-0.05, 0) is 102 Å². The Kier molecular flexibility index (Phi) is 11.7. The number of nitrogens with zero attached hydrogens (tertiary/aromatic N) is 9. The molecule has 2 fully saturated rings. The van der Waals surface area contributed by atoms with Gasteiger partial charge < -0.3 is 25.3 Å². The molecular weight excluding hydrogens is 846 g/mol. The van der Waals surface area contributed by atoms with Crippen molar-refractivity contribution in [1.82, 2.24) is 40.1 Å². The number of rotatable bonds is 7. The molecule has 24 heteroatoms. The summed E-state index contributed by atoms with van der Waals surface area (Å²) < 4.78 is 57.8. The minimum absolute atomic E-state index is 0.0804. The van der Waals surface area contributed by atoms with Crippen LogP contribution in [0.5, 0.6) is 0 Å². The highest BCUT2D eigenvalue weighted by molar-refractivity contribution is 9.10. The monoisotopic (exact) mass is 868 g/mol. The zero-order valence-corrected chi connectivity index (χ0v) is 29.9. The van der Waals surface area contributed by atoms with Crippen LogP contribution in [-0.2, 0) is 15.9 Å². The summed E-state index contributed by atoms with van der Waals surface area (Å²) in [5.74, 6) is -3.22. The van der Waals surface area contributed by atoms with Crippen LogP contribution in [0.2, 0.25) is 0 Å². The van der Waals surface area contributed by atoms with E-state index in [2.05, 4.69) is 72.0 Å². The maximum Gasteiger partial charge on any atom is 0.446 e. The van der Waals surface area contributed by atoms with Gasteiger partial charge in [0.05, 0.1) is 26.9 Å². The second-order valence-corrected chi connectivity index (χ2v) is 12.9. The summed E-state index contributed by atoms with van der Waals surface area (Å²) in [6.45, 7) is 2.98. The summed E-state index contributed by atoms with van der Waals surface area (Å²) in [4.78, 5) is 33.9. The minimum atomic E-state index is -0.939. The van der Waals surface area contributed by atoms with E-state index in [9.17, 15) is 28.5 Å². The molecule has 0 bridgehead atoms. The van der Waals surface area contributed by atoms with Crippen molar-refractivity contribution in [3.05, 3.63) is 93.9 Å². The van der Waals surface area contributed by atoms with Gasteiger partial charge in [-0.3, -0.25) is 9.05 Å². The number of ether oxygens (including phenoxy) is 2. The lowest BCUT2D eigenvalue weighted by molar-refractivity contribution is -0.390. The number of benzene rings is 2. The van der Waals surface area contributed by atoms with Crippen molar-refractivity contribution in [2.45, 2.75) is 25.3 Å². The molecular formula is C29H24Br2F2N10O10. The van der Waals surface area contributed by atoms with Gasteiger partial charge in [0, 0.05) is 32.3 Å². The fourth-order valence-corrected chi connectivity index (χ4v) is 5.76. The van der Waals surface area contributed by atoms with Crippen molar-refractivity contribution in [3.8, 4) is 34.4 Å². The molecule has 2 N–H and O–H groups in total. The summed E-state index contributed by atoms with van der Waals surface area (Å²) in [6, 6.07) is 8.09. The van der Waals surface area contributed by atoms with E-state index in [1.54, 1.807) is 0 Å². The molecule has 2 aromatic carbocycles. The Hall–Kier alpha value is -5.30. The van der Waals surface area contributed by atoms with E-state index in [0.717, 1.165) is 36.7 Å². The minimum Gasteiger partial charge on any atom is -0.381 e. The van der Waals surface area contributed by atoms with Crippen molar-refractivity contribution in [2.75, 3.05) is 26.4 Å².